The molecule has 0 unspecified atom stereocenters. The predicted molar refractivity (Wildman–Crippen MR) is 78.1 cm³/mol. The maximum absolute atomic E-state index is 2.65. The molecular weight excluding hydrogens is 218 g/mol. The van der Waals surface area contributed by atoms with E-state index in [1.165, 1.54) is 24.9 Å². The van der Waals surface area contributed by atoms with Crippen molar-refractivity contribution in [3.63, 3.8) is 0 Å². The van der Waals surface area contributed by atoms with Gasteiger partial charge in [-0.3, -0.25) is 0 Å². The summed E-state index contributed by atoms with van der Waals surface area (Å²) in [6, 6.07) is 9.74. The Morgan fingerprint density at radius 2 is 2.06 bits per heavy atom. The Morgan fingerprint density at radius 1 is 1.22 bits per heavy atom. The summed E-state index contributed by atoms with van der Waals surface area (Å²) in [7, 11) is 0. The van der Waals surface area contributed by atoms with Crippen LogP contribution >= 0.6 is 0 Å². The van der Waals surface area contributed by atoms with Gasteiger partial charge in [0.2, 0.25) is 0 Å². The Kier molecular flexibility index (Phi) is 3.15. The van der Waals surface area contributed by atoms with Crippen LogP contribution in [0.25, 0.3) is 0 Å². The lowest BCUT2D eigenvalue weighted by molar-refractivity contribution is 0.347. The van der Waals surface area contributed by atoms with Gasteiger partial charge in [-0.15, -0.1) is 0 Å². The van der Waals surface area contributed by atoms with Crippen molar-refractivity contribution in [3.05, 3.63) is 42.0 Å². The molecule has 0 saturated carbocycles. The molecule has 1 aliphatic heterocycles. The fourth-order valence-corrected chi connectivity index (χ4v) is 3.91. The molecule has 3 atom stereocenters. The number of hydrogen-bond acceptors (Lipinski definition) is 1. The van der Waals surface area contributed by atoms with Crippen LogP contribution in [-0.4, -0.2) is 12.6 Å². The Labute approximate surface area is 111 Å². The summed E-state index contributed by atoms with van der Waals surface area (Å²) >= 11 is 0. The van der Waals surface area contributed by atoms with E-state index in [-0.39, 0.29) is 0 Å². The summed E-state index contributed by atoms with van der Waals surface area (Å²) in [5.41, 5.74) is 3.02. The summed E-state index contributed by atoms with van der Waals surface area (Å²) < 4.78 is 0. The number of rotatable bonds is 3. The number of allylic oxidation sites excluding steroid dienone is 2. The van der Waals surface area contributed by atoms with Crippen LogP contribution in [0.5, 0.6) is 0 Å². The van der Waals surface area contributed by atoms with Gasteiger partial charge >= 0.3 is 0 Å². The SMILES string of the molecule is CCC[C@H]1[C@H]2CC=C[C@H]2c2ccccc2N1CC. The molecule has 1 aromatic carbocycles. The molecule has 3 rings (SSSR count). The fraction of sp³-hybridized carbons (Fsp3) is 0.529. The van der Waals surface area contributed by atoms with E-state index in [1.807, 2.05) is 0 Å². The van der Waals surface area contributed by atoms with E-state index in [0.29, 0.717) is 5.92 Å². The van der Waals surface area contributed by atoms with Crippen LogP contribution in [0.2, 0.25) is 0 Å². The highest BCUT2D eigenvalue weighted by molar-refractivity contribution is 5.60. The van der Waals surface area contributed by atoms with Crippen molar-refractivity contribution in [2.75, 3.05) is 11.4 Å². The Hall–Kier alpha value is -1.24. The van der Waals surface area contributed by atoms with Crippen molar-refractivity contribution in [3.8, 4) is 0 Å². The highest BCUT2D eigenvalue weighted by atomic mass is 15.2. The Bertz CT molecular complexity index is 449. The lowest BCUT2D eigenvalue weighted by Gasteiger charge is -2.45. The summed E-state index contributed by atoms with van der Waals surface area (Å²) in [4.78, 5) is 2.65. The monoisotopic (exact) mass is 241 g/mol. The average Bonchev–Trinajstić information content (AvgIpc) is 2.89. The molecule has 0 bridgehead atoms. The zero-order valence-corrected chi connectivity index (χ0v) is 11.5. The molecule has 1 heteroatoms. The molecule has 0 saturated heterocycles. The minimum absolute atomic E-state index is 0.667. The highest BCUT2D eigenvalue weighted by Gasteiger charge is 2.39. The van der Waals surface area contributed by atoms with Crippen LogP contribution in [-0.2, 0) is 0 Å². The maximum Gasteiger partial charge on any atom is 0.0407 e. The quantitative estimate of drug-likeness (QED) is 0.711. The van der Waals surface area contributed by atoms with Crippen molar-refractivity contribution in [2.24, 2.45) is 5.92 Å². The summed E-state index contributed by atoms with van der Waals surface area (Å²) in [5, 5.41) is 0. The van der Waals surface area contributed by atoms with Crippen molar-refractivity contribution >= 4 is 5.69 Å². The first-order valence-corrected chi connectivity index (χ1v) is 7.39. The first kappa shape index (κ1) is 11.8. The largest absolute Gasteiger partial charge is 0.368 e. The summed E-state index contributed by atoms with van der Waals surface area (Å²) in [5.74, 6) is 1.47. The highest BCUT2D eigenvalue weighted by Crippen LogP contribution is 2.48. The number of nitrogens with zero attached hydrogens (tertiary/aromatic N) is 1. The topological polar surface area (TPSA) is 3.24 Å². The second-order valence-corrected chi connectivity index (χ2v) is 5.55. The van der Waals surface area contributed by atoms with Gasteiger partial charge < -0.3 is 4.90 Å². The van der Waals surface area contributed by atoms with Gasteiger partial charge in [0.05, 0.1) is 0 Å². The third-order valence-corrected chi connectivity index (χ3v) is 4.64. The Morgan fingerprint density at radius 3 is 2.83 bits per heavy atom. The number of para-hydroxylation sites is 1. The van der Waals surface area contributed by atoms with Gasteiger partial charge in [0, 0.05) is 24.2 Å². The molecule has 18 heavy (non-hydrogen) atoms. The van der Waals surface area contributed by atoms with Gasteiger partial charge in [-0.2, -0.15) is 0 Å². The number of hydrogen-bond donors (Lipinski definition) is 0. The van der Waals surface area contributed by atoms with E-state index < -0.39 is 0 Å². The number of fused-ring (bicyclic) bond motifs is 3. The van der Waals surface area contributed by atoms with E-state index in [2.05, 4.69) is 55.2 Å². The van der Waals surface area contributed by atoms with Gasteiger partial charge in [0.15, 0.2) is 0 Å². The van der Waals surface area contributed by atoms with Gasteiger partial charge in [-0.1, -0.05) is 43.7 Å². The van der Waals surface area contributed by atoms with Crippen molar-refractivity contribution in [2.45, 2.75) is 45.1 Å². The molecule has 0 amide bonds. The molecule has 0 aromatic heterocycles. The molecular formula is C17H23N. The van der Waals surface area contributed by atoms with E-state index in [4.69, 9.17) is 0 Å². The molecule has 1 aliphatic carbocycles. The van der Waals surface area contributed by atoms with Crippen LogP contribution in [0.4, 0.5) is 5.69 Å². The van der Waals surface area contributed by atoms with Crippen molar-refractivity contribution in [1.82, 2.24) is 0 Å². The second kappa shape index (κ2) is 4.79. The van der Waals surface area contributed by atoms with Gasteiger partial charge in [-0.05, 0) is 37.3 Å². The predicted octanol–water partition coefficient (Wildman–Crippen LogP) is 4.35. The van der Waals surface area contributed by atoms with Crippen LogP contribution in [0.15, 0.2) is 36.4 Å². The van der Waals surface area contributed by atoms with Gasteiger partial charge in [0.1, 0.15) is 0 Å². The van der Waals surface area contributed by atoms with Crippen molar-refractivity contribution < 1.29 is 0 Å². The maximum atomic E-state index is 2.65. The van der Waals surface area contributed by atoms with E-state index in [9.17, 15) is 0 Å². The molecule has 0 spiro atoms. The summed E-state index contributed by atoms with van der Waals surface area (Å²) in [6.07, 6.45) is 8.71. The normalized spacial score (nSPS) is 29.2. The third kappa shape index (κ3) is 1.68. The number of anilines is 1. The van der Waals surface area contributed by atoms with Gasteiger partial charge in [-0.25, -0.2) is 0 Å². The zero-order chi connectivity index (χ0) is 12.5. The molecule has 0 fully saturated rings. The minimum Gasteiger partial charge on any atom is -0.368 e. The van der Waals surface area contributed by atoms with Crippen LogP contribution in [0.3, 0.4) is 0 Å². The summed E-state index contributed by atoms with van der Waals surface area (Å²) in [6.45, 7) is 5.73. The molecule has 0 radical (unpaired) electrons. The number of benzene rings is 1. The van der Waals surface area contributed by atoms with E-state index >= 15 is 0 Å². The molecule has 96 valence electrons. The lowest BCUT2D eigenvalue weighted by atomic mass is 9.77. The van der Waals surface area contributed by atoms with Crippen LogP contribution < -0.4 is 4.90 Å². The second-order valence-electron chi connectivity index (χ2n) is 5.55. The average molecular weight is 241 g/mol. The first-order valence-electron chi connectivity index (χ1n) is 7.39. The van der Waals surface area contributed by atoms with E-state index in [1.54, 1.807) is 5.56 Å². The lowest BCUT2D eigenvalue weighted by Crippen LogP contribution is -2.45. The molecule has 2 aliphatic rings. The third-order valence-electron chi connectivity index (χ3n) is 4.64. The van der Waals surface area contributed by atoms with Gasteiger partial charge in [0.25, 0.3) is 0 Å². The molecule has 1 heterocycles. The van der Waals surface area contributed by atoms with Crippen LogP contribution in [0, 0.1) is 5.92 Å². The molecule has 1 aromatic rings. The molecule has 1 nitrogen and oxygen atoms in total. The Balaban J connectivity index is 2.06. The molecule has 0 N–H and O–H groups in total. The van der Waals surface area contributed by atoms with Crippen LogP contribution in [0.1, 0.15) is 44.6 Å². The fourth-order valence-electron chi connectivity index (χ4n) is 3.91. The minimum atomic E-state index is 0.667. The zero-order valence-electron chi connectivity index (χ0n) is 11.5. The standard InChI is InChI=1S/C17H23N/c1-3-8-16-15-11-7-10-13(15)14-9-5-6-12-17(14)18(16)4-2/h5-7,9-10,12-13,15-16H,3-4,8,11H2,1-2H3/t13-,15-,16-/m0/s1. The van der Waals surface area contributed by atoms with Crippen molar-refractivity contribution in [1.29, 1.82) is 0 Å². The first-order chi connectivity index (χ1) is 8.86. The smallest absolute Gasteiger partial charge is 0.0407 e. The van der Waals surface area contributed by atoms with E-state index in [0.717, 1.165) is 18.5 Å².